The van der Waals surface area contributed by atoms with E-state index in [2.05, 4.69) is 30.7 Å². The maximum atomic E-state index is 12.7. The number of rotatable bonds is 6. The fourth-order valence-electron chi connectivity index (χ4n) is 2.63. The number of ketones is 1. The lowest BCUT2D eigenvalue weighted by molar-refractivity contribution is 0.0872. The molecule has 0 spiro atoms. The van der Waals surface area contributed by atoms with Gasteiger partial charge in [-0.15, -0.1) is 0 Å². The first kappa shape index (κ1) is 17.0. The molecule has 0 amide bonds. The van der Waals surface area contributed by atoms with Crippen molar-refractivity contribution in [3.8, 4) is 5.75 Å². The first-order valence-corrected chi connectivity index (χ1v) is 8.19. The van der Waals surface area contributed by atoms with Crippen LogP contribution in [0.5, 0.6) is 5.75 Å². The number of hydrogen-bond acceptors (Lipinski definition) is 4. The molecule has 4 heteroatoms. The molecule has 122 valence electrons. The molecule has 1 fully saturated rings. The molecule has 1 aromatic carbocycles. The maximum absolute atomic E-state index is 12.7. The van der Waals surface area contributed by atoms with Crippen LogP contribution in [0.1, 0.15) is 34.8 Å². The minimum absolute atomic E-state index is 0.166. The Morgan fingerprint density at radius 3 is 2.41 bits per heavy atom. The van der Waals surface area contributed by atoms with Crippen LogP contribution in [0, 0.1) is 13.8 Å². The molecule has 1 saturated heterocycles. The third-order valence-corrected chi connectivity index (χ3v) is 4.32. The normalized spacial score (nSPS) is 16.7. The van der Waals surface area contributed by atoms with Crippen LogP contribution in [0.3, 0.4) is 0 Å². The Balaban J connectivity index is 2.11. The van der Waals surface area contributed by atoms with Crippen LogP contribution < -0.4 is 4.74 Å². The van der Waals surface area contributed by atoms with E-state index in [4.69, 9.17) is 4.74 Å². The number of Topliss-reactive ketones (excluding diaryl/α,β-unsaturated/α-hetero) is 1. The Kier molecular flexibility index (Phi) is 5.98. The molecule has 0 atom stereocenters. The van der Waals surface area contributed by atoms with Gasteiger partial charge in [-0.1, -0.05) is 6.92 Å². The van der Waals surface area contributed by atoms with E-state index in [1.54, 1.807) is 0 Å². The molecule has 1 aliphatic rings. The first-order valence-electron chi connectivity index (χ1n) is 8.19. The highest BCUT2D eigenvalue weighted by Crippen LogP contribution is 2.24. The molecular weight excluding hydrogens is 276 g/mol. The Bertz CT molecular complexity index is 520. The Hall–Kier alpha value is -1.39. The van der Waals surface area contributed by atoms with Gasteiger partial charge < -0.3 is 9.64 Å². The van der Waals surface area contributed by atoms with Gasteiger partial charge in [0.15, 0.2) is 5.78 Å². The SMILES string of the molecule is CCCOc1cc(C)c(C)cc1C(=O)CN1CCN(C)CC1. The molecular formula is C18H28N2O2. The van der Waals surface area contributed by atoms with E-state index >= 15 is 0 Å². The minimum atomic E-state index is 0.166. The molecule has 0 aromatic heterocycles. The Labute approximate surface area is 134 Å². The number of piperazine rings is 1. The van der Waals surface area contributed by atoms with Crippen LogP contribution in [0.2, 0.25) is 0 Å². The molecule has 0 N–H and O–H groups in total. The molecule has 0 saturated carbocycles. The van der Waals surface area contributed by atoms with Gasteiger partial charge in [0.05, 0.1) is 18.7 Å². The van der Waals surface area contributed by atoms with E-state index in [1.807, 2.05) is 19.1 Å². The summed E-state index contributed by atoms with van der Waals surface area (Å²) in [7, 11) is 2.12. The van der Waals surface area contributed by atoms with E-state index in [0.29, 0.717) is 13.2 Å². The molecule has 0 unspecified atom stereocenters. The number of ether oxygens (including phenoxy) is 1. The van der Waals surface area contributed by atoms with Gasteiger partial charge in [0.25, 0.3) is 0 Å². The summed E-state index contributed by atoms with van der Waals surface area (Å²) >= 11 is 0. The number of hydrogen-bond donors (Lipinski definition) is 0. The molecule has 0 aliphatic carbocycles. The Morgan fingerprint density at radius 2 is 1.77 bits per heavy atom. The monoisotopic (exact) mass is 304 g/mol. The average molecular weight is 304 g/mol. The van der Waals surface area contributed by atoms with Crippen molar-refractivity contribution in [3.05, 3.63) is 28.8 Å². The minimum Gasteiger partial charge on any atom is -0.493 e. The number of aryl methyl sites for hydroxylation is 2. The number of nitrogens with zero attached hydrogens (tertiary/aromatic N) is 2. The van der Waals surface area contributed by atoms with Gasteiger partial charge in [-0.3, -0.25) is 9.69 Å². The highest BCUT2D eigenvalue weighted by molar-refractivity contribution is 6.00. The Morgan fingerprint density at radius 1 is 1.14 bits per heavy atom. The standard InChI is InChI=1S/C18H28N2O2/c1-5-10-22-18-12-15(3)14(2)11-16(18)17(21)13-20-8-6-19(4)7-9-20/h11-12H,5-10,13H2,1-4H3. The second-order valence-corrected chi connectivity index (χ2v) is 6.28. The van der Waals surface area contributed by atoms with Crippen LogP contribution in [0.25, 0.3) is 0 Å². The van der Waals surface area contributed by atoms with Crippen molar-refractivity contribution >= 4 is 5.78 Å². The molecule has 1 heterocycles. The summed E-state index contributed by atoms with van der Waals surface area (Å²) in [5, 5.41) is 0. The van der Waals surface area contributed by atoms with Gasteiger partial charge in [-0.2, -0.15) is 0 Å². The molecule has 2 rings (SSSR count). The summed E-state index contributed by atoms with van der Waals surface area (Å²) < 4.78 is 5.80. The third-order valence-electron chi connectivity index (χ3n) is 4.32. The van der Waals surface area contributed by atoms with Crippen LogP contribution in [0.15, 0.2) is 12.1 Å². The van der Waals surface area contributed by atoms with E-state index in [-0.39, 0.29) is 5.78 Å². The molecule has 1 aliphatic heterocycles. The lowest BCUT2D eigenvalue weighted by Crippen LogP contribution is -2.46. The smallest absolute Gasteiger partial charge is 0.180 e. The van der Waals surface area contributed by atoms with Gasteiger partial charge in [0, 0.05) is 26.2 Å². The fourth-order valence-corrected chi connectivity index (χ4v) is 2.63. The van der Waals surface area contributed by atoms with Crippen LogP contribution in [0.4, 0.5) is 0 Å². The number of carbonyl (C=O) groups excluding carboxylic acids is 1. The second-order valence-electron chi connectivity index (χ2n) is 6.28. The number of benzene rings is 1. The van der Waals surface area contributed by atoms with Crippen molar-refractivity contribution in [1.82, 2.24) is 9.80 Å². The summed E-state index contributed by atoms with van der Waals surface area (Å²) in [4.78, 5) is 17.2. The fraction of sp³-hybridized carbons (Fsp3) is 0.611. The van der Waals surface area contributed by atoms with Gasteiger partial charge >= 0.3 is 0 Å². The molecule has 0 bridgehead atoms. The zero-order valence-corrected chi connectivity index (χ0v) is 14.3. The van der Waals surface area contributed by atoms with Crippen molar-refractivity contribution in [2.45, 2.75) is 27.2 Å². The van der Waals surface area contributed by atoms with Gasteiger partial charge in [0.2, 0.25) is 0 Å². The van der Waals surface area contributed by atoms with Gasteiger partial charge in [-0.05, 0) is 50.6 Å². The van der Waals surface area contributed by atoms with Crippen molar-refractivity contribution in [1.29, 1.82) is 0 Å². The number of carbonyl (C=O) groups is 1. The average Bonchev–Trinajstić information content (AvgIpc) is 2.50. The summed E-state index contributed by atoms with van der Waals surface area (Å²) in [6.45, 7) is 11.3. The molecule has 4 nitrogen and oxygen atoms in total. The van der Waals surface area contributed by atoms with Crippen molar-refractivity contribution in [3.63, 3.8) is 0 Å². The molecule has 0 radical (unpaired) electrons. The topological polar surface area (TPSA) is 32.8 Å². The second kappa shape index (κ2) is 7.75. The summed E-state index contributed by atoms with van der Waals surface area (Å²) in [5.41, 5.74) is 3.04. The largest absolute Gasteiger partial charge is 0.493 e. The van der Waals surface area contributed by atoms with Crippen LogP contribution in [-0.4, -0.2) is 62.0 Å². The predicted octanol–water partition coefficient (Wildman–Crippen LogP) is 2.52. The van der Waals surface area contributed by atoms with E-state index in [9.17, 15) is 4.79 Å². The van der Waals surface area contributed by atoms with E-state index in [1.165, 1.54) is 5.56 Å². The summed E-state index contributed by atoms with van der Waals surface area (Å²) in [6, 6.07) is 3.99. The molecule has 22 heavy (non-hydrogen) atoms. The van der Waals surface area contributed by atoms with Crippen molar-refractivity contribution in [2.24, 2.45) is 0 Å². The first-order chi connectivity index (χ1) is 10.5. The van der Waals surface area contributed by atoms with Gasteiger partial charge in [0.1, 0.15) is 5.75 Å². The zero-order valence-electron chi connectivity index (χ0n) is 14.3. The summed E-state index contributed by atoms with van der Waals surface area (Å²) in [5.74, 6) is 0.905. The molecule has 1 aromatic rings. The maximum Gasteiger partial charge on any atom is 0.180 e. The van der Waals surface area contributed by atoms with Gasteiger partial charge in [-0.25, -0.2) is 0 Å². The quantitative estimate of drug-likeness (QED) is 0.756. The highest BCUT2D eigenvalue weighted by atomic mass is 16.5. The third kappa shape index (κ3) is 4.31. The summed E-state index contributed by atoms with van der Waals surface area (Å²) in [6.07, 6.45) is 0.943. The number of likely N-dealkylation sites (N-methyl/N-ethyl adjacent to an activating group) is 1. The van der Waals surface area contributed by atoms with E-state index < -0.39 is 0 Å². The zero-order chi connectivity index (χ0) is 16.1. The van der Waals surface area contributed by atoms with E-state index in [0.717, 1.165) is 49.5 Å². The van der Waals surface area contributed by atoms with Crippen molar-refractivity contribution < 1.29 is 9.53 Å². The van der Waals surface area contributed by atoms with Crippen LogP contribution in [-0.2, 0) is 0 Å². The lowest BCUT2D eigenvalue weighted by atomic mass is 10.0. The highest BCUT2D eigenvalue weighted by Gasteiger charge is 2.20. The lowest BCUT2D eigenvalue weighted by Gasteiger charge is -2.31. The van der Waals surface area contributed by atoms with Crippen molar-refractivity contribution in [2.75, 3.05) is 46.4 Å². The van der Waals surface area contributed by atoms with Crippen LogP contribution >= 0.6 is 0 Å². The predicted molar refractivity (Wildman–Crippen MR) is 90.0 cm³/mol.